The molecular weight excluding hydrogens is 240 g/mol. The lowest BCUT2D eigenvalue weighted by atomic mass is 9.75. The largest absolute Gasteiger partial charge is 0.394 e. The van der Waals surface area contributed by atoms with Crippen LogP contribution < -0.4 is 10.6 Å². The molecule has 0 aromatic carbocycles. The number of hydrogen-bond acceptors (Lipinski definition) is 3. The van der Waals surface area contributed by atoms with Gasteiger partial charge in [-0.05, 0) is 45.1 Å². The number of rotatable bonds is 3. The van der Waals surface area contributed by atoms with E-state index in [1.807, 2.05) is 6.92 Å². The summed E-state index contributed by atoms with van der Waals surface area (Å²) in [7, 11) is 0. The zero-order valence-electron chi connectivity index (χ0n) is 12.3. The van der Waals surface area contributed by atoms with Crippen LogP contribution in [0.5, 0.6) is 0 Å². The topological polar surface area (TPSA) is 61.4 Å². The molecule has 3 unspecified atom stereocenters. The molecule has 1 aliphatic heterocycles. The molecule has 1 saturated heterocycles. The first kappa shape index (κ1) is 14.8. The minimum Gasteiger partial charge on any atom is -0.394 e. The summed E-state index contributed by atoms with van der Waals surface area (Å²) in [5.74, 6) is 0.696. The van der Waals surface area contributed by atoms with E-state index in [4.69, 9.17) is 0 Å². The van der Waals surface area contributed by atoms with E-state index in [-0.39, 0.29) is 23.5 Å². The quantitative estimate of drug-likeness (QED) is 0.726. The fourth-order valence-corrected chi connectivity index (χ4v) is 3.60. The summed E-state index contributed by atoms with van der Waals surface area (Å²) in [5.41, 5.74) is -0.698. The average Bonchev–Trinajstić information content (AvgIpc) is 2.39. The highest BCUT2D eigenvalue weighted by Gasteiger charge is 2.41. The first-order chi connectivity index (χ1) is 9.00. The summed E-state index contributed by atoms with van der Waals surface area (Å²) in [6, 6.07) is 0. The first-order valence-corrected chi connectivity index (χ1v) is 7.64. The number of carbonyl (C=O) groups excluding carboxylic acids is 1. The lowest BCUT2D eigenvalue weighted by molar-refractivity contribution is -0.134. The van der Waals surface area contributed by atoms with Gasteiger partial charge in [0, 0.05) is 6.54 Å². The third kappa shape index (κ3) is 3.29. The molecule has 0 aromatic rings. The Bertz CT molecular complexity index is 326. The predicted octanol–water partition coefficient (Wildman–Crippen LogP) is 1.43. The zero-order chi connectivity index (χ0) is 13.9. The van der Waals surface area contributed by atoms with E-state index in [0.29, 0.717) is 5.92 Å². The van der Waals surface area contributed by atoms with Crippen molar-refractivity contribution in [3.8, 4) is 0 Å². The Hall–Kier alpha value is -0.610. The van der Waals surface area contributed by atoms with Crippen molar-refractivity contribution in [2.24, 2.45) is 11.3 Å². The molecule has 1 saturated carbocycles. The maximum Gasteiger partial charge on any atom is 0.227 e. The molecule has 4 heteroatoms. The molecule has 1 heterocycles. The van der Waals surface area contributed by atoms with Crippen LogP contribution in [0.1, 0.15) is 52.4 Å². The summed E-state index contributed by atoms with van der Waals surface area (Å²) in [6.07, 6.45) is 6.09. The molecule has 1 amide bonds. The normalized spacial score (nSPS) is 39.8. The Kier molecular flexibility index (Phi) is 4.51. The van der Waals surface area contributed by atoms with E-state index >= 15 is 0 Å². The van der Waals surface area contributed by atoms with Crippen LogP contribution in [0, 0.1) is 11.3 Å². The highest BCUT2D eigenvalue weighted by Crippen LogP contribution is 2.34. The highest BCUT2D eigenvalue weighted by molar-refractivity contribution is 5.83. The number of aliphatic hydroxyl groups is 1. The maximum absolute atomic E-state index is 12.6. The van der Waals surface area contributed by atoms with Crippen LogP contribution in [0.2, 0.25) is 0 Å². The van der Waals surface area contributed by atoms with E-state index in [1.165, 1.54) is 6.42 Å². The van der Waals surface area contributed by atoms with Crippen LogP contribution in [0.4, 0.5) is 0 Å². The lowest BCUT2D eigenvalue weighted by Crippen LogP contribution is -2.59. The molecule has 2 rings (SSSR count). The maximum atomic E-state index is 12.6. The zero-order valence-corrected chi connectivity index (χ0v) is 12.3. The van der Waals surface area contributed by atoms with Crippen LogP contribution in [0.25, 0.3) is 0 Å². The molecule has 2 aliphatic rings. The van der Waals surface area contributed by atoms with E-state index in [2.05, 4.69) is 17.6 Å². The second kappa shape index (κ2) is 5.80. The Morgan fingerprint density at radius 1 is 1.42 bits per heavy atom. The van der Waals surface area contributed by atoms with E-state index in [1.54, 1.807) is 0 Å². The van der Waals surface area contributed by atoms with Crippen molar-refractivity contribution in [1.82, 2.24) is 10.6 Å². The number of amides is 1. The number of carbonyl (C=O) groups is 1. The van der Waals surface area contributed by atoms with Gasteiger partial charge in [-0.3, -0.25) is 4.79 Å². The van der Waals surface area contributed by atoms with Crippen LogP contribution in [-0.2, 0) is 4.79 Å². The minimum absolute atomic E-state index is 0.0621. The molecule has 0 radical (unpaired) electrons. The first-order valence-electron chi connectivity index (χ1n) is 7.64. The third-order valence-corrected chi connectivity index (χ3v) is 4.92. The average molecular weight is 268 g/mol. The summed E-state index contributed by atoms with van der Waals surface area (Å²) in [6.45, 7) is 6.05. The SMILES string of the molecule is CC1CCCC(CO)(NC(=O)C2(C)CCCNC2)C1. The van der Waals surface area contributed by atoms with Gasteiger partial charge < -0.3 is 15.7 Å². The Morgan fingerprint density at radius 2 is 2.21 bits per heavy atom. The summed E-state index contributed by atoms with van der Waals surface area (Å²) < 4.78 is 0. The van der Waals surface area contributed by atoms with E-state index in [9.17, 15) is 9.90 Å². The van der Waals surface area contributed by atoms with Gasteiger partial charge in [-0.25, -0.2) is 0 Å². The number of hydrogen-bond donors (Lipinski definition) is 3. The van der Waals surface area contributed by atoms with Crippen LogP contribution in [0.15, 0.2) is 0 Å². The molecule has 0 aromatic heterocycles. The van der Waals surface area contributed by atoms with Gasteiger partial charge in [-0.2, -0.15) is 0 Å². The molecule has 2 fully saturated rings. The monoisotopic (exact) mass is 268 g/mol. The molecule has 19 heavy (non-hydrogen) atoms. The smallest absolute Gasteiger partial charge is 0.227 e. The molecular formula is C15H28N2O2. The molecule has 0 spiro atoms. The van der Waals surface area contributed by atoms with Gasteiger partial charge in [0.15, 0.2) is 0 Å². The highest BCUT2D eigenvalue weighted by atomic mass is 16.3. The van der Waals surface area contributed by atoms with Crippen molar-refractivity contribution in [3.05, 3.63) is 0 Å². The molecule has 3 atom stereocenters. The van der Waals surface area contributed by atoms with Crippen LogP contribution >= 0.6 is 0 Å². The van der Waals surface area contributed by atoms with E-state index < -0.39 is 0 Å². The molecule has 4 nitrogen and oxygen atoms in total. The third-order valence-electron chi connectivity index (χ3n) is 4.92. The number of nitrogens with one attached hydrogen (secondary N) is 2. The molecule has 3 N–H and O–H groups in total. The van der Waals surface area contributed by atoms with Gasteiger partial charge in [0.2, 0.25) is 5.91 Å². The fourth-order valence-electron chi connectivity index (χ4n) is 3.60. The second-order valence-corrected chi connectivity index (χ2v) is 6.94. The van der Waals surface area contributed by atoms with Crippen molar-refractivity contribution in [1.29, 1.82) is 0 Å². The Labute approximate surface area is 116 Å². The predicted molar refractivity (Wildman–Crippen MR) is 75.8 cm³/mol. The fraction of sp³-hybridized carbons (Fsp3) is 0.933. The summed E-state index contributed by atoms with van der Waals surface area (Å²) in [5, 5.41) is 16.3. The molecule has 110 valence electrons. The lowest BCUT2D eigenvalue weighted by Gasteiger charge is -2.42. The van der Waals surface area contributed by atoms with Crippen LogP contribution in [0.3, 0.4) is 0 Å². The number of piperidine rings is 1. The van der Waals surface area contributed by atoms with Crippen molar-refractivity contribution in [2.75, 3.05) is 19.7 Å². The van der Waals surface area contributed by atoms with Crippen molar-refractivity contribution >= 4 is 5.91 Å². The second-order valence-electron chi connectivity index (χ2n) is 6.94. The summed E-state index contributed by atoms with van der Waals surface area (Å²) in [4.78, 5) is 12.6. The Balaban J connectivity index is 2.03. The van der Waals surface area contributed by atoms with Gasteiger partial charge >= 0.3 is 0 Å². The standard InChI is InChI=1S/C15H28N2O2/c1-12-5-3-7-15(9-12,11-18)17-13(19)14(2)6-4-8-16-10-14/h12,16,18H,3-11H2,1-2H3,(H,17,19). The molecule has 0 bridgehead atoms. The van der Waals surface area contributed by atoms with Crippen LogP contribution in [-0.4, -0.2) is 36.2 Å². The van der Waals surface area contributed by atoms with Crippen molar-refractivity contribution in [2.45, 2.75) is 57.9 Å². The molecule has 1 aliphatic carbocycles. The summed E-state index contributed by atoms with van der Waals surface area (Å²) >= 11 is 0. The van der Waals surface area contributed by atoms with Gasteiger partial charge in [0.1, 0.15) is 0 Å². The van der Waals surface area contributed by atoms with Crippen molar-refractivity contribution in [3.63, 3.8) is 0 Å². The van der Waals surface area contributed by atoms with Gasteiger partial charge in [0.25, 0.3) is 0 Å². The van der Waals surface area contributed by atoms with Gasteiger partial charge in [0.05, 0.1) is 17.6 Å². The minimum atomic E-state index is -0.380. The Morgan fingerprint density at radius 3 is 2.79 bits per heavy atom. The van der Waals surface area contributed by atoms with Gasteiger partial charge in [-0.1, -0.05) is 19.8 Å². The van der Waals surface area contributed by atoms with Gasteiger partial charge in [-0.15, -0.1) is 0 Å². The number of aliphatic hydroxyl groups excluding tert-OH is 1. The van der Waals surface area contributed by atoms with E-state index in [0.717, 1.165) is 45.2 Å². The van der Waals surface area contributed by atoms with Crippen molar-refractivity contribution < 1.29 is 9.90 Å².